The molecule has 0 saturated carbocycles. The highest BCUT2D eigenvalue weighted by atomic mass is 79.9. The highest BCUT2D eigenvalue weighted by molar-refractivity contribution is 9.10. The summed E-state index contributed by atoms with van der Waals surface area (Å²) < 4.78 is 11.5. The molecule has 2 aromatic carbocycles. The van der Waals surface area contributed by atoms with Crippen molar-refractivity contribution in [2.24, 2.45) is 5.92 Å². The Morgan fingerprint density at radius 2 is 1.87 bits per heavy atom. The fourth-order valence-electron chi connectivity index (χ4n) is 5.47. The van der Waals surface area contributed by atoms with Gasteiger partial charge in [0.1, 0.15) is 34.9 Å². The summed E-state index contributed by atoms with van der Waals surface area (Å²) >= 11 is 14.4. The SMILES string of the molecule is CCl.COc1cc2cc(c1Cl)N(C)C(=O)CC(C)CC(O)CC1C[C@](O)(C/C=C/C=C(\C)C2)NC(=O)O1.C[C@@H](C(=O)O)N(C)C.Nc1ccc(C=O)cc1Br. The number of benzene rings is 2. The van der Waals surface area contributed by atoms with Crippen LogP contribution in [0.5, 0.6) is 5.75 Å². The predicted octanol–water partition coefficient (Wildman–Crippen LogP) is 6.83. The third kappa shape index (κ3) is 16.9. The fourth-order valence-corrected chi connectivity index (χ4v) is 6.18. The number of aliphatic hydroxyl groups is 2. The van der Waals surface area contributed by atoms with Crippen LogP contribution < -0.4 is 20.7 Å². The van der Waals surface area contributed by atoms with E-state index in [0.717, 1.165) is 21.9 Å². The number of aliphatic hydroxyl groups excluding tert-OH is 1. The molecule has 4 bridgehead atoms. The number of ether oxygens (including phenoxy) is 2. The molecule has 55 heavy (non-hydrogen) atoms. The van der Waals surface area contributed by atoms with Gasteiger partial charge in [-0.25, -0.2) is 4.79 Å². The van der Waals surface area contributed by atoms with Crippen molar-refractivity contribution in [3.05, 3.63) is 74.8 Å². The summed E-state index contributed by atoms with van der Waals surface area (Å²) in [5.74, 6) is -0.561. The van der Waals surface area contributed by atoms with Gasteiger partial charge in [-0.2, -0.15) is 0 Å². The maximum Gasteiger partial charge on any atom is 0.409 e. The zero-order valence-electron chi connectivity index (χ0n) is 32.6. The number of nitrogens with two attached hydrogens (primary N) is 1. The lowest BCUT2D eigenvalue weighted by Crippen LogP contribution is -2.56. The second-order valence-corrected chi connectivity index (χ2v) is 14.8. The van der Waals surface area contributed by atoms with E-state index < -0.39 is 30.0 Å². The molecule has 306 valence electrons. The minimum Gasteiger partial charge on any atom is -0.495 e. The number of aldehydes is 1. The molecule has 5 atom stereocenters. The molecule has 4 rings (SSSR count). The van der Waals surface area contributed by atoms with Crippen LogP contribution in [-0.4, -0.2) is 103 Å². The number of alkyl carbamates (subject to hydrolysis) is 1. The summed E-state index contributed by atoms with van der Waals surface area (Å²) in [5, 5.41) is 32.7. The Kier molecular flexibility index (Phi) is 21.6. The number of carbonyl (C=O) groups is 4. The van der Waals surface area contributed by atoms with E-state index in [9.17, 15) is 29.4 Å². The Hall–Kier alpha value is -3.66. The molecule has 13 nitrogen and oxygen atoms in total. The number of nitrogens with one attached hydrogen (secondary N) is 1. The summed E-state index contributed by atoms with van der Waals surface area (Å²) in [7, 11) is 6.69. The van der Waals surface area contributed by atoms with Crippen LogP contribution in [0.25, 0.3) is 0 Å². The van der Waals surface area contributed by atoms with E-state index in [2.05, 4.69) is 32.8 Å². The molecule has 2 aliphatic heterocycles. The van der Waals surface area contributed by atoms with E-state index in [0.29, 0.717) is 40.6 Å². The average Bonchev–Trinajstić information content (AvgIpc) is 3.11. The highest BCUT2D eigenvalue weighted by Crippen LogP contribution is 2.37. The minimum atomic E-state index is -1.45. The van der Waals surface area contributed by atoms with Gasteiger partial charge in [-0.05, 0) is 98.5 Å². The topological polar surface area (TPSA) is 192 Å². The van der Waals surface area contributed by atoms with Crippen molar-refractivity contribution >= 4 is 74.8 Å². The normalized spacial score (nSPS) is 23.6. The molecular weight excluding hydrogens is 819 g/mol. The first-order valence-electron chi connectivity index (χ1n) is 17.4. The van der Waals surface area contributed by atoms with Crippen LogP contribution in [0.4, 0.5) is 16.2 Å². The molecule has 0 aliphatic carbocycles. The first kappa shape index (κ1) is 49.4. The maximum atomic E-state index is 13.1. The number of nitrogens with zero attached hydrogens (tertiary/aromatic N) is 2. The minimum absolute atomic E-state index is 0.129. The number of rotatable bonds is 4. The quantitative estimate of drug-likeness (QED) is 0.123. The van der Waals surface area contributed by atoms with Crippen molar-refractivity contribution in [1.29, 1.82) is 0 Å². The summed E-state index contributed by atoms with van der Waals surface area (Å²) in [5.41, 5.74) is 7.84. The summed E-state index contributed by atoms with van der Waals surface area (Å²) in [6.45, 7) is 5.51. The molecule has 6 N–H and O–H groups in total. The number of amides is 2. The lowest BCUT2D eigenvalue weighted by Gasteiger charge is -2.37. The van der Waals surface area contributed by atoms with E-state index >= 15 is 0 Å². The van der Waals surface area contributed by atoms with Gasteiger partial charge in [0.2, 0.25) is 5.91 Å². The van der Waals surface area contributed by atoms with Crippen molar-refractivity contribution in [3.8, 4) is 5.75 Å². The Bertz CT molecular complexity index is 1660. The van der Waals surface area contributed by atoms with Gasteiger partial charge in [0.25, 0.3) is 0 Å². The number of aliphatic carboxylic acids is 1. The number of carboxylic acid groups (broad SMARTS) is 1. The Morgan fingerprint density at radius 3 is 2.42 bits per heavy atom. The van der Waals surface area contributed by atoms with Crippen molar-refractivity contribution in [2.45, 2.75) is 83.3 Å². The fraction of sp³-hybridized carbons (Fsp3) is 0.487. The van der Waals surface area contributed by atoms with Crippen LogP contribution in [0.15, 0.2) is 58.6 Å². The zero-order valence-corrected chi connectivity index (χ0v) is 35.7. The van der Waals surface area contributed by atoms with Gasteiger partial charge in [0.15, 0.2) is 0 Å². The summed E-state index contributed by atoms with van der Waals surface area (Å²) in [4.78, 5) is 48.6. The van der Waals surface area contributed by atoms with E-state index in [-0.39, 0.29) is 43.6 Å². The predicted molar refractivity (Wildman–Crippen MR) is 221 cm³/mol. The second-order valence-electron chi connectivity index (χ2n) is 13.6. The first-order valence-corrected chi connectivity index (χ1v) is 19.3. The molecule has 2 aromatic rings. The average molecular weight is 875 g/mol. The molecular formula is C39H55BrCl2N4O9. The molecule has 16 heteroatoms. The first-order chi connectivity index (χ1) is 25.8. The number of likely N-dealkylation sites (N-methyl/N-ethyl adjacent to an activating group) is 1. The van der Waals surface area contributed by atoms with Crippen LogP contribution in [-0.2, 0) is 20.7 Å². The lowest BCUT2D eigenvalue weighted by atomic mass is 9.92. The molecule has 0 radical (unpaired) electrons. The maximum absolute atomic E-state index is 13.1. The van der Waals surface area contributed by atoms with E-state index in [1.807, 2.05) is 38.1 Å². The van der Waals surface area contributed by atoms with Gasteiger partial charge in [-0.3, -0.25) is 24.6 Å². The van der Waals surface area contributed by atoms with Crippen LogP contribution in [0, 0.1) is 5.92 Å². The van der Waals surface area contributed by atoms with Gasteiger partial charge in [0.05, 0.1) is 18.9 Å². The number of nitrogen functional groups attached to an aromatic ring is 1. The number of hydrogen-bond acceptors (Lipinski definition) is 10. The highest BCUT2D eigenvalue weighted by Gasteiger charge is 2.39. The lowest BCUT2D eigenvalue weighted by molar-refractivity contribution is -0.141. The number of halogens is 3. The van der Waals surface area contributed by atoms with Gasteiger partial charge in [-0.1, -0.05) is 42.3 Å². The van der Waals surface area contributed by atoms with E-state index in [1.165, 1.54) is 18.4 Å². The van der Waals surface area contributed by atoms with Crippen LogP contribution in [0.3, 0.4) is 0 Å². The van der Waals surface area contributed by atoms with Gasteiger partial charge >= 0.3 is 12.1 Å². The number of hydrogen-bond donors (Lipinski definition) is 5. The van der Waals surface area contributed by atoms with Gasteiger partial charge < -0.3 is 35.4 Å². The van der Waals surface area contributed by atoms with E-state index in [4.69, 9.17) is 31.9 Å². The van der Waals surface area contributed by atoms with Gasteiger partial charge in [0, 0.05) is 54.8 Å². The molecule has 1 fully saturated rings. The molecule has 0 spiro atoms. The van der Waals surface area contributed by atoms with E-state index in [1.54, 1.807) is 57.2 Å². The Balaban J connectivity index is 0.000000616. The smallest absolute Gasteiger partial charge is 0.409 e. The number of carbonyl (C=O) groups excluding carboxylic acids is 3. The van der Waals surface area contributed by atoms with Crippen molar-refractivity contribution in [2.75, 3.05) is 45.3 Å². The third-order valence-electron chi connectivity index (χ3n) is 8.69. The number of alkyl halides is 1. The Morgan fingerprint density at radius 1 is 1.22 bits per heavy atom. The number of anilines is 2. The number of allylic oxidation sites excluding steroid dienone is 3. The molecule has 1 saturated heterocycles. The monoisotopic (exact) mass is 872 g/mol. The molecule has 3 unspecified atom stereocenters. The zero-order chi connectivity index (χ0) is 42.0. The third-order valence-corrected chi connectivity index (χ3v) is 9.76. The van der Waals surface area contributed by atoms with Gasteiger partial charge in [-0.15, -0.1) is 11.6 Å². The summed E-state index contributed by atoms with van der Waals surface area (Å²) in [6.07, 6.45) is 7.36. The van der Waals surface area contributed by atoms with Crippen LogP contribution in [0.2, 0.25) is 5.02 Å². The van der Waals surface area contributed by atoms with Crippen molar-refractivity contribution < 1.29 is 44.0 Å². The number of fused-ring (bicyclic) bond motifs is 4. The van der Waals surface area contributed by atoms with Crippen LogP contribution in [0.1, 0.15) is 68.8 Å². The van der Waals surface area contributed by atoms with Crippen LogP contribution >= 0.6 is 39.1 Å². The Labute approximate surface area is 342 Å². The van der Waals surface area contributed by atoms with Crippen molar-refractivity contribution in [1.82, 2.24) is 10.2 Å². The molecule has 2 aliphatic rings. The van der Waals surface area contributed by atoms with Crippen molar-refractivity contribution in [3.63, 3.8) is 0 Å². The molecule has 2 heterocycles. The number of carboxylic acids is 1. The number of methoxy groups -OCH3 is 1. The summed E-state index contributed by atoms with van der Waals surface area (Å²) in [6, 6.07) is 8.40. The second kappa shape index (κ2) is 24.1. The molecule has 0 aromatic heterocycles. The standard InChI is InChI=1S/C26H35ClN2O6.C7H6BrNO.C5H11NO2.CH3Cl/c1-16-7-5-6-8-26(33)15-20(35-25(32)28-26)14-19(30)10-17(2)11-23(31)29(3)21-12-18(9-16)13-22(34-4)24(21)27;8-6-3-5(4-10)1-2-7(6)9;1-4(5(7)8)6(2)3;1-2/h5-7,12-13,17,19-20,30,33H,8-11,14-15H2,1-4H3,(H,28,32);1-4H,9H2;4H,1-3H3,(H,7,8);1H3/b6-5+,16-7+;;;/t17?,19?,20?,26-;;4-;/m1.0./s1. The largest absolute Gasteiger partial charge is 0.495 e. The molecule has 2 amide bonds.